The summed E-state index contributed by atoms with van der Waals surface area (Å²) in [5.74, 6) is -1.40. The Morgan fingerprint density at radius 3 is 1.28 bits per heavy atom. The normalized spacial score (nSPS) is 12.1. The Bertz CT molecular complexity index is 1530. The third-order valence-electron chi connectivity index (χ3n) is 7.04. The maximum Gasteiger partial charge on any atom is 0.343 e. The Morgan fingerprint density at radius 1 is 0.605 bits per heavy atom. The number of hydrogen-bond acceptors (Lipinski definition) is 8. The molecule has 8 heteroatoms. The van der Waals surface area contributed by atoms with Gasteiger partial charge in [0, 0.05) is 0 Å². The van der Waals surface area contributed by atoms with Gasteiger partial charge in [0.1, 0.15) is 28.4 Å². The number of ether oxygens (including phenoxy) is 2. The van der Waals surface area contributed by atoms with E-state index in [0.29, 0.717) is 22.3 Å². The minimum Gasteiger partial charge on any atom is -0.511 e. The number of rotatable bonds is 10. The maximum absolute atomic E-state index is 12.5. The predicted octanol–water partition coefficient (Wildman–Crippen LogP) is 6.21. The van der Waals surface area contributed by atoms with Crippen LogP contribution in [0.25, 0.3) is 12.2 Å². The lowest BCUT2D eigenvalue weighted by molar-refractivity contribution is 0.0486. The quantitative estimate of drug-likeness (QED) is 0.0988. The molecule has 8 nitrogen and oxygen atoms in total. The van der Waals surface area contributed by atoms with Crippen molar-refractivity contribution in [2.75, 3.05) is 13.2 Å². The second kappa shape index (κ2) is 13.7. The second-order valence-electron chi connectivity index (χ2n) is 10.0. The van der Waals surface area contributed by atoms with Gasteiger partial charge in [0.15, 0.2) is 0 Å². The molecular weight excluding hydrogens is 548 g/mol. The lowest BCUT2D eigenvalue weighted by Crippen LogP contribution is -2.34. The van der Waals surface area contributed by atoms with E-state index in [4.69, 9.17) is 9.47 Å². The van der Waals surface area contributed by atoms with Gasteiger partial charge < -0.3 is 29.9 Å². The molecule has 0 saturated heterocycles. The van der Waals surface area contributed by atoms with Gasteiger partial charge in [-0.15, -0.1) is 0 Å². The van der Waals surface area contributed by atoms with E-state index in [9.17, 15) is 30.0 Å². The topological polar surface area (TPSA) is 134 Å². The zero-order chi connectivity index (χ0) is 31.0. The summed E-state index contributed by atoms with van der Waals surface area (Å²) in [7, 11) is 0. The van der Waals surface area contributed by atoms with Gasteiger partial charge >= 0.3 is 11.9 Å². The smallest absolute Gasteiger partial charge is 0.343 e. The first kappa shape index (κ1) is 30.8. The average molecular weight is 581 g/mol. The summed E-state index contributed by atoms with van der Waals surface area (Å²) in [5, 5.41) is 42.1. The molecule has 0 radical (unpaired) electrons. The van der Waals surface area contributed by atoms with E-state index in [2.05, 4.69) is 0 Å². The molecule has 4 rings (SSSR count). The standard InChI is InChI=1S/C35H32O8/c1-23-7-3-5-9-29(23)33(40)42-27-15-11-25(12-16-27)19-31(38)35(21-36,22-37)32(39)20-26-13-17-28(18-14-26)43-34(41)30-10-6-4-8-24(30)2/h3-20,36-39H,21-22H2,1-2H3. The van der Waals surface area contributed by atoms with Crippen molar-refractivity contribution in [2.45, 2.75) is 13.8 Å². The highest BCUT2D eigenvalue weighted by molar-refractivity contribution is 5.93. The van der Waals surface area contributed by atoms with Gasteiger partial charge in [-0.25, -0.2) is 9.59 Å². The molecule has 4 aromatic rings. The molecule has 220 valence electrons. The first-order valence-corrected chi connectivity index (χ1v) is 13.5. The van der Waals surface area contributed by atoms with Crippen LogP contribution in [0.4, 0.5) is 0 Å². The second-order valence-corrected chi connectivity index (χ2v) is 10.0. The van der Waals surface area contributed by atoms with Crippen LogP contribution in [0.5, 0.6) is 11.5 Å². The van der Waals surface area contributed by atoms with Crippen LogP contribution in [0.1, 0.15) is 43.0 Å². The van der Waals surface area contributed by atoms with Gasteiger partial charge in [0.25, 0.3) is 0 Å². The van der Waals surface area contributed by atoms with E-state index in [1.807, 2.05) is 38.1 Å². The van der Waals surface area contributed by atoms with Crippen LogP contribution in [0.15, 0.2) is 109 Å². The number of hydrogen-bond donors (Lipinski definition) is 4. The first-order valence-electron chi connectivity index (χ1n) is 13.5. The molecule has 0 aliphatic carbocycles. The first-order chi connectivity index (χ1) is 20.7. The van der Waals surface area contributed by atoms with Crippen LogP contribution in [0, 0.1) is 19.3 Å². The molecule has 4 aromatic carbocycles. The molecule has 0 atom stereocenters. The minimum absolute atomic E-state index is 0.288. The van der Waals surface area contributed by atoms with Crippen LogP contribution in [0.2, 0.25) is 0 Å². The van der Waals surface area contributed by atoms with Gasteiger partial charge in [-0.3, -0.25) is 0 Å². The predicted molar refractivity (Wildman–Crippen MR) is 163 cm³/mol. The summed E-state index contributed by atoms with van der Waals surface area (Å²) in [6.07, 6.45) is 2.58. The third-order valence-corrected chi connectivity index (χ3v) is 7.04. The summed E-state index contributed by atoms with van der Waals surface area (Å²) in [4.78, 5) is 25.0. The maximum atomic E-state index is 12.5. The molecule has 0 aromatic heterocycles. The van der Waals surface area contributed by atoms with E-state index in [0.717, 1.165) is 11.1 Å². The van der Waals surface area contributed by atoms with E-state index in [-0.39, 0.29) is 11.5 Å². The summed E-state index contributed by atoms with van der Waals surface area (Å²) < 4.78 is 10.9. The molecular formula is C35H32O8. The van der Waals surface area contributed by atoms with Crippen molar-refractivity contribution in [2.24, 2.45) is 5.41 Å². The summed E-state index contributed by atoms with van der Waals surface area (Å²) in [5.41, 5.74) is 1.49. The van der Waals surface area contributed by atoms with Crippen molar-refractivity contribution in [3.8, 4) is 11.5 Å². The molecule has 0 saturated carbocycles. The Labute approximate surface area is 249 Å². The number of esters is 2. The number of aliphatic hydroxyl groups is 4. The van der Waals surface area contributed by atoms with Crippen molar-refractivity contribution in [1.82, 2.24) is 0 Å². The molecule has 0 amide bonds. The molecule has 0 unspecified atom stereocenters. The van der Waals surface area contributed by atoms with E-state index >= 15 is 0 Å². The van der Waals surface area contributed by atoms with E-state index in [1.165, 1.54) is 36.4 Å². The molecule has 0 fully saturated rings. The van der Waals surface area contributed by atoms with Crippen LogP contribution in [-0.4, -0.2) is 45.6 Å². The number of aryl methyl sites for hydroxylation is 2. The number of aliphatic hydroxyl groups excluding tert-OH is 4. The number of carbonyl (C=O) groups excluding carboxylic acids is 2. The Hall–Kier alpha value is -5.18. The van der Waals surface area contributed by atoms with Crippen molar-refractivity contribution >= 4 is 24.1 Å². The summed E-state index contributed by atoms with van der Waals surface area (Å²) >= 11 is 0. The Balaban J connectivity index is 1.48. The molecule has 0 bridgehead atoms. The number of carbonyl (C=O) groups is 2. The molecule has 0 aliphatic heterocycles. The van der Waals surface area contributed by atoms with Crippen molar-refractivity contribution in [3.63, 3.8) is 0 Å². The van der Waals surface area contributed by atoms with Crippen LogP contribution in [-0.2, 0) is 0 Å². The lowest BCUT2D eigenvalue weighted by Gasteiger charge is -2.28. The largest absolute Gasteiger partial charge is 0.511 e. The zero-order valence-electron chi connectivity index (χ0n) is 23.7. The van der Waals surface area contributed by atoms with Gasteiger partial charge in [-0.2, -0.15) is 0 Å². The fourth-order valence-electron chi connectivity index (χ4n) is 4.29. The average Bonchev–Trinajstić information content (AvgIpc) is 3.00. The van der Waals surface area contributed by atoms with Gasteiger partial charge in [0.2, 0.25) is 0 Å². The van der Waals surface area contributed by atoms with Crippen LogP contribution < -0.4 is 9.47 Å². The van der Waals surface area contributed by atoms with Crippen molar-refractivity contribution in [1.29, 1.82) is 0 Å². The molecule has 0 heterocycles. The van der Waals surface area contributed by atoms with Crippen molar-refractivity contribution in [3.05, 3.63) is 142 Å². The highest BCUT2D eigenvalue weighted by Gasteiger charge is 2.38. The summed E-state index contributed by atoms with van der Waals surface area (Å²) in [6.45, 7) is 2.02. The number of benzene rings is 4. The molecule has 43 heavy (non-hydrogen) atoms. The lowest BCUT2D eigenvalue weighted by atomic mass is 9.83. The van der Waals surface area contributed by atoms with E-state index in [1.54, 1.807) is 48.5 Å². The fraction of sp³-hybridized carbons (Fsp3) is 0.143. The third kappa shape index (κ3) is 7.19. The van der Waals surface area contributed by atoms with E-state index < -0.39 is 42.1 Å². The van der Waals surface area contributed by atoms with Gasteiger partial charge in [0.05, 0.1) is 24.3 Å². The van der Waals surface area contributed by atoms with Gasteiger partial charge in [-0.05, 0) is 84.7 Å². The monoisotopic (exact) mass is 580 g/mol. The zero-order valence-corrected chi connectivity index (χ0v) is 23.7. The Morgan fingerprint density at radius 2 is 0.953 bits per heavy atom. The van der Waals surface area contributed by atoms with Crippen LogP contribution >= 0.6 is 0 Å². The SMILES string of the molecule is Cc1ccccc1C(=O)Oc1ccc(C=C(O)C(CO)(CO)C(O)=Cc2ccc(OC(=O)c3ccccc3C)cc2)cc1. The Kier molecular flexibility index (Phi) is 9.77. The highest BCUT2D eigenvalue weighted by atomic mass is 16.5. The summed E-state index contributed by atoms with van der Waals surface area (Å²) in [6, 6.07) is 26.6. The van der Waals surface area contributed by atoms with Gasteiger partial charge in [-0.1, -0.05) is 60.7 Å². The highest BCUT2D eigenvalue weighted by Crippen LogP contribution is 2.35. The molecule has 0 spiro atoms. The fourth-order valence-corrected chi connectivity index (χ4v) is 4.29. The van der Waals surface area contributed by atoms with Crippen LogP contribution in [0.3, 0.4) is 0 Å². The molecule has 0 aliphatic rings. The van der Waals surface area contributed by atoms with Crippen molar-refractivity contribution < 1.29 is 39.5 Å². The molecule has 4 N–H and O–H groups in total. The minimum atomic E-state index is -1.90.